The molecule has 0 radical (unpaired) electrons. The van der Waals surface area contributed by atoms with Gasteiger partial charge in [0.2, 0.25) is 0 Å². The van der Waals surface area contributed by atoms with Crippen LogP contribution in [0.2, 0.25) is 0 Å². The Morgan fingerprint density at radius 3 is 1.68 bits per heavy atom. The molecule has 0 saturated carbocycles. The molecule has 0 N–H and O–H groups in total. The predicted octanol–water partition coefficient (Wildman–Crippen LogP) is 4.98. The van der Waals surface area contributed by atoms with Crippen molar-refractivity contribution >= 4 is 63.2 Å². The summed E-state index contributed by atoms with van der Waals surface area (Å²) in [5, 5.41) is 6.60. The SMILES string of the molecule is [Se]=P(c1ccccc1)(c1ccccc1)c1ccc2cc(Br)ccc2c1. The van der Waals surface area contributed by atoms with Gasteiger partial charge in [-0.15, -0.1) is 0 Å². The van der Waals surface area contributed by atoms with E-state index in [-0.39, 0.29) is 0 Å². The first-order valence-electron chi connectivity index (χ1n) is 8.09. The topological polar surface area (TPSA) is 0 Å². The second-order valence-electron chi connectivity index (χ2n) is 5.96. The number of fused-ring (bicyclic) bond motifs is 1. The molecule has 0 fully saturated rings. The zero-order valence-electron chi connectivity index (χ0n) is 13.5. The van der Waals surface area contributed by atoms with Crippen molar-refractivity contribution in [2.24, 2.45) is 0 Å². The van der Waals surface area contributed by atoms with E-state index in [2.05, 4.69) is 128 Å². The van der Waals surface area contributed by atoms with Crippen LogP contribution in [0.15, 0.2) is 102 Å². The fourth-order valence-corrected chi connectivity index (χ4v) is 8.43. The zero-order chi connectivity index (χ0) is 17.3. The van der Waals surface area contributed by atoms with Crippen LogP contribution in [-0.2, 0) is 0 Å². The van der Waals surface area contributed by atoms with E-state index >= 15 is 0 Å². The molecule has 3 heteroatoms. The Kier molecular flexibility index (Phi) is 4.80. The molecule has 0 aromatic heterocycles. The van der Waals surface area contributed by atoms with Gasteiger partial charge >= 0.3 is 165 Å². The Hall–Kier alpha value is -1.43. The fourth-order valence-electron chi connectivity index (χ4n) is 3.12. The molecule has 0 aliphatic heterocycles. The number of hydrogen-bond donors (Lipinski definition) is 0. The van der Waals surface area contributed by atoms with Gasteiger partial charge in [0.15, 0.2) is 0 Å². The number of rotatable bonds is 3. The minimum absolute atomic E-state index is 1.11. The Morgan fingerprint density at radius 2 is 1.08 bits per heavy atom. The van der Waals surface area contributed by atoms with Crippen LogP contribution >= 0.6 is 21.4 Å². The van der Waals surface area contributed by atoms with Gasteiger partial charge in [0, 0.05) is 0 Å². The average molecular weight is 470 g/mol. The van der Waals surface area contributed by atoms with Crippen LogP contribution in [0, 0.1) is 0 Å². The first-order valence-corrected chi connectivity index (χ1v) is 12.9. The number of benzene rings is 4. The van der Waals surface area contributed by atoms with E-state index in [0.717, 1.165) is 4.47 Å². The molecule has 4 rings (SSSR count). The summed E-state index contributed by atoms with van der Waals surface area (Å²) in [6.07, 6.45) is 0. The van der Waals surface area contributed by atoms with Crippen LogP contribution in [-0.4, -0.2) is 15.1 Å². The molecule has 0 unspecified atom stereocenters. The summed E-state index contributed by atoms with van der Waals surface area (Å²) in [4.78, 5) is 0. The third kappa shape index (κ3) is 3.21. The first-order chi connectivity index (χ1) is 12.2. The molecule has 4 aromatic carbocycles. The summed E-state index contributed by atoms with van der Waals surface area (Å²) in [5.41, 5.74) is -1.78. The molecule has 0 saturated heterocycles. The van der Waals surface area contributed by atoms with Crippen LogP contribution in [0.4, 0.5) is 0 Å². The van der Waals surface area contributed by atoms with Crippen LogP contribution < -0.4 is 15.9 Å². The van der Waals surface area contributed by atoms with Gasteiger partial charge in [0.25, 0.3) is 0 Å². The third-order valence-corrected chi connectivity index (χ3v) is 11.9. The molecule has 25 heavy (non-hydrogen) atoms. The average Bonchev–Trinajstić information content (AvgIpc) is 2.68. The van der Waals surface area contributed by atoms with Gasteiger partial charge in [0.05, 0.1) is 0 Å². The van der Waals surface area contributed by atoms with Crippen LogP contribution in [0.5, 0.6) is 0 Å². The molecule has 0 spiro atoms. The van der Waals surface area contributed by atoms with Crippen molar-refractivity contribution in [3.05, 3.63) is 102 Å². The van der Waals surface area contributed by atoms with E-state index < -0.39 is 5.51 Å². The van der Waals surface area contributed by atoms with Gasteiger partial charge < -0.3 is 0 Å². The van der Waals surface area contributed by atoms with Crippen molar-refractivity contribution in [3.8, 4) is 0 Å². The van der Waals surface area contributed by atoms with Gasteiger partial charge in [0.1, 0.15) is 0 Å². The summed E-state index contributed by atoms with van der Waals surface area (Å²) >= 11 is 7.18. The molecule has 0 aliphatic rings. The molecule has 0 nitrogen and oxygen atoms in total. The van der Waals surface area contributed by atoms with E-state index in [1.807, 2.05) is 0 Å². The van der Waals surface area contributed by atoms with Crippen molar-refractivity contribution in [1.29, 1.82) is 0 Å². The monoisotopic (exact) mass is 470 g/mol. The molecule has 0 atom stereocenters. The van der Waals surface area contributed by atoms with Gasteiger partial charge in [-0.05, 0) is 0 Å². The summed E-state index contributed by atoms with van der Waals surface area (Å²) in [7, 11) is 0. The summed E-state index contributed by atoms with van der Waals surface area (Å²) in [5.74, 6) is 0. The Morgan fingerprint density at radius 1 is 0.560 bits per heavy atom. The van der Waals surface area contributed by atoms with Gasteiger partial charge in [-0.3, -0.25) is 0 Å². The molecular weight excluding hydrogens is 454 g/mol. The number of hydrogen-bond acceptors (Lipinski definition) is 0. The molecular formula is C22H16BrPSe. The third-order valence-electron chi connectivity index (χ3n) is 4.39. The van der Waals surface area contributed by atoms with Crippen molar-refractivity contribution in [1.82, 2.24) is 0 Å². The predicted molar refractivity (Wildman–Crippen MR) is 116 cm³/mol. The summed E-state index contributed by atoms with van der Waals surface area (Å²) in [6.45, 7) is 0. The van der Waals surface area contributed by atoms with Crippen LogP contribution in [0.25, 0.3) is 10.8 Å². The second-order valence-corrected chi connectivity index (χ2v) is 13.1. The maximum absolute atomic E-state index is 3.62. The zero-order valence-corrected chi connectivity index (χ0v) is 17.7. The van der Waals surface area contributed by atoms with Crippen LogP contribution in [0.3, 0.4) is 0 Å². The van der Waals surface area contributed by atoms with Crippen molar-refractivity contribution in [2.45, 2.75) is 0 Å². The quantitative estimate of drug-likeness (QED) is 0.293. The van der Waals surface area contributed by atoms with E-state index in [4.69, 9.17) is 0 Å². The van der Waals surface area contributed by atoms with Crippen molar-refractivity contribution < 1.29 is 0 Å². The Bertz CT molecular complexity index is 1030. The first kappa shape index (κ1) is 17.0. The molecule has 0 amide bonds. The van der Waals surface area contributed by atoms with E-state index in [0.29, 0.717) is 0 Å². The maximum atomic E-state index is 3.62. The molecule has 0 heterocycles. The molecule has 122 valence electrons. The fraction of sp³-hybridized carbons (Fsp3) is 0. The minimum atomic E-state index is -1.78. The second kappa shape index (κ2) is 7.06. The van der Waals surface area contributed by atoms with Gasteiger partial charge in [-0.2, -0.15) is 0 Å². The normalized spacial score (nSPS) is 11.6. The molecule has 0 aliphatic carbocycles. The number of halogens is 1. The Labute approximate surface area is 164 Å². The summed E-state index contributed by atoms with van der Waals surface area (Å²) < 4.78 is 1.11. The standard InChI is InChI=1S/C22H16BrPSe/c23-19-13-11-18-16-22(14-12-17(18)15-19)24(25,20-7-3-1-4-8-20)21-9-5-2-6-10-21/h1-16H. The molecule has 4 aromatic rings. The van der Waals surface area contributed by atoms with Gasteiger partial charge in [-0.1, -0.05) is 0 Å². The Balaban J connectivity index is 1.99. The van der Waals surface area contributed by atoms with E-state index in [1.165, 1.54) is 26.7 Å². The molecule has 0 bridgehead atoms. The van der Waals surface area contributed by atoms with E-state index in [9.17, 15) is 0 Å². The van der Waals surface area contributed by atoms with Crippen molar-refractivity contribution in [2.75, 3.05) is 0 Å². The van der Waals surface area contributed by atoms with E-state index in [1.54, 1.807) is 0 Å². The summed E-state index contributed by atoms with van der Waals surface area (Å²) in [6, 6.07) is 34.9. The van der Waals surface area contributed by atoms with Crippen molar-refractivity contribution in [3.63, 3.8) is 0 Å². The van der Waals surface area contributed by atoms with Crippen LogP contribution in [0.1, 0.15) is 0 Å². The van der Waals surface area contributed by atoms with Gasteiger partial charge in [-0.25, -0.2) is 0 Å².